The summed E-state index contributed by atoms with van der Waals surface area (Å²) in [7, 11) is 0. The Balaban J connectivity index is 1.14. The highest BCUT2D eigenvalue weighted by molar-refractivity contribution is 7.15. The van der Waals surface area contributed by atoms with Crippen LogP contribution in [0.5, 0.6) is 5.88 Å². The van der Waals surface area contributed by atoms with E-state index in [-0.39, 0.29) is 6.04 Å². The lowest BCUT2D eigenvalue weighted by Gasteiger charge is -2.34. The summed E-state index contributed by atoms with van der Waals surface area (Å²) in [5, 5.41) is 18.3. The Morgan fingerprint density at radius 1 is 1.17 bits per heavy atom. The first-order valence-electron chi connectivity index (χ1n) is 11.9. The average molecular weight is 486 g/mol. The van der Waals surface area contributed by atoms with Crippen LogP contribution >= 0.6 is 11.3 Å². The summed E-state index contributed by atoms with van der Waals surface area (Å²) in [4.78, 5) is 14.5. The van der Waals surface area contributed by atoms with Gasteiger partial charge in [-0.2, -0.15) is 4.98 Å². The van der Waals surface area contributed by atoms with Gasteiger partial charge in [0.2, 0.25) is 11.8 Å². The number of aryl methyl sites for hydroxylation is 1. The van der Waals surface area contributed by atoms with E-state index in [0.29, 0.717) is 18.4 Å². The number of nitrogens with zero attached hydrogens (tertiary/aromatic N) is 3. The smallest absolute Gasteiger partial charge is 0.230 e. The third kappa shape index (κ3) is 4.59. The molecule has 3 heterocycles. The lowest BCUT2D eigenvalue weighted by atomic mass is 9.81. The molecule has 1 aliphatic carbocycles. The molecule has 0 bridgehead atoms. The first-order chi connectivity index (χ1) is 17.0. The van der Waals surface area contributed by atoms with E-state index in [4.69, 9.17) is 4.74 Å². The maximum Gasteiger partial charge on any atom is 0.230 e. The van der Waals surface area contributed by atoms with Crippen LogP contribution in [0.15, 0.2) is 60.9 Å². The Kier molecular flexibility index (Phi) is 5.62. The molecule has 2 aromatic carbocycles. The van der Waals surface area contributed by atoms with E-state index in [0.717, 1.165) is 52.4 Å². The number of fused-ring (bicyclic) bond motifs is 1. The van der Waals surface area contributed by atoms with E-state index in [2.05, 4.69) is 68.9 Å². The molecule has 1 atom stereocenters. The molecular weight excluding hydrogens is 458 g/mol. The van der Waals surface area contributed by atoms with E-state index >= 15 is 0 Å². The third-order valence-electron chi connectivity index (χ3n) is 6.61. The molecule has 4 aromatic rings. The number of anilines is 3. The lowest BCUT2D eigenvalue weighted by molar-refractivity contribution is -0.0389. The van der Waals surface area contributed by atoms with Gasteiger partial charge < -0.3 is 20.5 Å². The average Bonchev–Trinajstić information content (AvgIpc) is 3.49. The molecule has 1 fully saturated rings. The first-order valence-corrected chi connectivity index (χ1v) is 12.7. The molecule has 1 saturated carbocycles. The van der Waals surface area contributed by atoms with Crippen LogP contribution in [-0.2, 0) is 12.0 Å². The molecule has 8 heteroatoms. The minimum Gasteiger partial charge on any atom is -0.475 e. The molecule has 35 heavy (non-hydrogen) atoms. The van der Waals surface area contributed by atoms with Crippen LogP contribution in [0.25, 0.3) is 10.4 Å². The van der Waals surface area contributed by atoms with Gasteiger partial charge in [-0.25, -0.2) is 9.97 Å². The number of aromatic nitrogens is 3. The van der Waals surface area contributed by atoms with Crippen molar-refractivity contribution >= 4 is 28.7 Å². The van der Waals surface area contributed by atoms with Crippen molar-refractivity contribution in [3.05, 3.63) is 77.1 Å². The molecule has 0 radical (unpaired) electrons. The minimum atomic E-state index is -0.737. The minimum absolute atomic E-state index is 0.223. The number of benzene rings is 2. The first kappa shape index (κ1) is 22.0. The number of ether oxygens (including phenoxy) is 1. The van der Waals surface area contributed by atoms with Crippen LogP contribution in [0.1, 0.15) is 35.4 Å². The van der Waals surface area contributed by atoms with Gasteiger partial charge >= 0.3 is 0 Å². The molecule has 2 aliphatic rings. The number of hydrogen-bond acceptors (Lipinski definition) is 8. The van der Waals surface area contributed by atoms with Gasteiger partial charge in [0, 0.05) is 29.8 Å². The maximum absolute atomic E-state index is 10.6. The van der Waals surface area contributed by atoms with Gasteiger partial charge in [-0.1, -0.05) is 24.3 Å². The van der Waals surface area contributed by atoms with Crippen molar-refractivity contribution < 1.29 is 9.84 Å². The fraction of sp³-hybridized carbons (Fsp3) is 0.296. The van der Waals surface area contributed by atoms with Crippen molar-refractivity contribution in [1.82, 2.24) is 15.0 Å². The number of nitrogens with one attached hydrogen (secondary N) is 2. The Morgan fingerprint density at radius 3 is 2.89 bits per heavy atom. The second kappa shape index (κ2) is 8.94. The Labute approximate surface area is 208 Å². The molecule has 0 spiro atoms. The van der Waals surface area contributed by atoms with Crippen LogP contribution in [0, 0.1) is 6.92 Å². The number of thiazole rings is 1. The number of rotatable bonds is 7. The monoisotopic (exact) mass is 485 g/mol. The van der Waals surface area contributed by atoms with Crippen LogP contribution in [0.2, 0.25) is 0 Å². The zero-order valence-corrected chi connectivity index (χ0v) is 20.3. The molecule has 7 nitrogen and oxygen atoms in total. The number of hydrogen-bond donors (Lipinski definition) is 3. The van der Waals surface area contributed by atoms with Gasteiger partial charge in [0.05, 0.1) is 10.9 Å². The predicted molar refractivity (Wildman–Crippen MR) is 138 cm³/mol. The molecule has 1 aliphatic heterocycles. The van der Waals surface area contributed by atoms with Gasteiger partial charge in [0.15, 0.2) is 0 Å². The van der Waals surface area contributed by atoms with Gasteiger partial charge in [-0.3, -0.25) is 0 Å². The third-order valence-corrected chi connectivity index (χ3v) is 7.85. The highest BCUT2D eigenvalue weighted by atomic mass is 32.1. The fourth-order valence-electron chi connectivity index (χ4n) is 4.62. The normalized spacial score (nSPS) is 17.8. The second-order valence-corrected chi connectivity index (χ2v) is 10.4. The van der Waals surface area contributed by atoms with Gasteiger partial charge in [-0.05, 0) is 67.5 Å². The fourth-order valence-corrected chi connectivity index (χ4v) is 5.67. The van der Waals surface area contributed by atoms with E-state index < -0.39 is 5.60 Å². The summed E-state index contributed by atoms with van der Waals surface area (Å²) >= 11 is 1.56. The van der Waals surface area contributed by atoms with Crippen molar-refractivity contribution in [2.45, 2.75) is 44.2 Å². The van der Waals surface area contributed by atoms with Crippen LogP contribution < -0.4 is 15.4 Å². The van der Waals surface area contributed by atoms with E-state index in [1.54, 1.807) is 23.6 Å². The summed E-state index contributed by atoms with van der Waals surface area (Å²) in [6, 6.07) is 16.6. The highest BCUT2D eigenvalue weighted by Gasteiger charge is 2.39. The Bertz CT molecular complexity index is 1340. The Morgan fingerprint density at radius 2 is 2.06 bits per heavy atom. The van der Waals surface area contributed by atoms with Gasteiger partial charge in [0.1, 0.15) is 17.2 Å². The zero-order valence-electron chi connectivity index (χ0n) is 19.5. The summed E-state index contributed by atoms with van der Waals surface area (Å²) < 4.78 is 5.98. The van der Waals surface area contributed by atoms with E-state index in [9.17, 15) is 5.11 Å². The lowest BCUT2D eigenvalue weighted by Crippen LogP contribution is -2.33. The molecule has 1 unspecified atom stereocenters. The largest absolute Gasteiger partial charge is 0.475 e. The summed E-state index contributed by atoms with van der Waals surface area (Å²) in [5.41, 5.74) is 4.81. The maximum atomic E-state index is 10.6. The zero-order chi connectivity index (χ0) is 23.8. The van der Waals surface area contributed by atoms with E-state index in [1.807, 2.05) is 12.3 Å². The molecule has 0 amide bonds. The number of para-hydroxylation sites is 1. The van der Waals surface area contributed by atoms with Gasteiger partial charge in [-0.15, -0.1) is 11.3 Å². The summed E-state index contributed by atoms with van der Waals surface area (Å²) in [5.74, 6) is 1.02. The molecule has 178 valence electrons. The van der Waals surface area contributed by atoms with Crippen LogP contribution in [0.3, 0.4) is 0 Å². The van der Waals surface area contributed by atoms with Crippen molar-refractivity contribution in [1.29, 1.82) is 0 Å². The molecule has 3 N–H and O–H groups in total. The van der Waals surface area contributed by atoms with Crippen molar-refractivity contribution in [2.75, 3.05) is 17.2 Å². The molecular formula is C27H27N5O2S. The predicted octanol–water partition coefficient (Wildman–Crippen LogP) is 5.44. The Hall–Kier alpha value is -3.49. The molecule has 2 aromatic heterocycles. The summed E-state index contributed by atoms with van der Waals surface area (Å²) in [6.07, 6.45) is 7.13. The van der Waals surface area contributed by atoms with Crippen LogP contribution in [0.4, 0.5) is 17.3 Å². The molecule has 6 rings (SSSR count). The quantitative estimate of drug-likeness (QED) is 0.321. The van der Waals surface area contributed by atoms with Crippen molar-refractivity contribution in [3.8, 4) is 16.3 Å². The van der Waals surface area contributed by atoms with Crippen LogP contribution in [-0.4, -0.2) is 32.7 Å². The SMILES string of the molecule is Cc1cc(Nc2nccc(OCC3Cc4ccccc4N3)n2)cc(-c2cnc(C3(O)CCC3)s2)c1. The molecule has 0 saturated heterocycles. The second-order valence-electron chi connectivity index (χ2n) is 9.36. The van der Waals surface area contributed by atoms with Crippen molar-refractivity contribution in [3.63, 3.8) is 0 Å². The van der Waals surface area contributed by atoms with Crippen molar-refractivity contribution in [2.24, 2.45) is 0 Å². The van der Waals surface area contributed by atoms with E-state index in [1.165, 1.54) is 11.3 Å². The number of aliphatic hydroxyl groups is 1. The van der Waals surface area contributed by atoms with Gasteiger partial charge in [0.25, 0.3) is 0 Å². The topological polar surface area (TPSA) is 92.2 Å². The standard InChI is InChI=1S/C27H27N5O2S/c1-17-11-19(23-15-29-25(35-23)27(33)8-4-9-27)14-20(12-17)31-26-28-10-7-24(32-26)34-16-21-13-18-5-2-3-6-22(18)30-21/h2-3,5-7,10-12,14-15,21,30,33H,4,8-9,13,16H2,1H3,(H,28,31,32). The highest BCUT2D eigenvalue weighted by Crippen LogP contribution is 2.44. The summed E-state index contributed by atoms with van der Waals surface area (Å²) in [6.45, 7) is 2.59.